The highest BCUT2D eigenvalue weighted by molar-refractivity contribution is 5.94. The van der Waals surface area contributed by atoms with E-state index in [1.54, 1.807) is 47.6 Å². The lowest BCUT2D eigenvalue weighted by atomic mass is 9.95. The van der Waals surface area contributed by atoms with Gasteiger partial charge < -0.3 is 25.0 Å². The molecule has 3 unspecified atom stereocenters. The van der Waals surface area contributed by atoms with Crippen LogP contribution >= 0.6 is 0 Å². The van der Waals surface area contributed by atoms with Crippen LogP contribution in [0.3, 0.4) is 0 Å². The number of carbonyl (C=O) groups is 4. The van der Waals surface area contributed by atoms with Crippen molar-refractivity contribution in [3.63, 3.8) is 0 Å². The first kappa shape index (κ1) is 33.3. The van der Waals surface area contributed by atoms with Gasteiger partial charge in [-0.1, -0.05) is 48.5 Å². The van der Waals surface area contributed by atoms with Crippen LogP contribution in [0.1, 0.15) is 76.8 Å². The Hall–Kier alpha value is -3.88. The van der Waals surface area contributed by atoms with Gasteiger partial charge in [-0.15, -0.1) is 0 Å². The molecular formula is C32H45N3O6. The SMILES string of the molecule is Cc1cccc(C(C(=O)NC(Cc2ccccc2)C(=O)OC(C)(C)C)N(C)C(=O)C(C)NC(=O)OC(C)(C)C)c1C. The first-order valence-corrected chi connectivity index (χ1v) is 13.8. The van der Waals surface area contributed by atoms with E-state index in [0.29, 0.717) is 5.56 Å². The van der Waals surface area contributed by atoms with Crippen molar-refractivity contribution in [2.75, 3.05) is 7.05 Å². The Morgan fingerprint density at radius 1 is 0.829 bits per heavy atom. The second-order valence-electron chi connectivity index (χ2n) is 12.3. The maximum absolute atomic E-state index is 14.0. The van der Waals surface area contributed by atoms with Crippen LogP contribution in [0.15, 0.2) is 48.5 Å². The number of amides is 3. The molecule has 9 heteroatoms. The number of carbonyl (C=O) groups excluding carboxylic acids is 4. The van der Waals surface area contributed by atoms with Crippen LogP contribution in [-0.2, 0) is 30.3 Å². The zero-order valence-corrected chi connectivity index (χ0v) is 26.0. The summed E-state index contributed by atoms with van der Waals surface area (Å²) in [6.07, 6.45) is -0.540. The van der Waals surface area contributed by atoms with E-state index in [9.17, 15) is 19.2 Å². The number of alkyl carbamates (subject to hydrolysis) is 1. The number of likely N-dealkylation sites (N-methyl/N-ethyl adjacent to an activating group) is 1. The van der Waals surface area contributed by atoms with E-state index < -0.39 is 53.2 Å². The smallest absolute Gasteiger partial charge is 0.408 e. The number of nitrogens with zero attached hydrogens (tertiary/aromatic N) is 1. The fourth-order valence-corrected chi connectivity index (χ4v) is 4.24. The van der Waals surface area contributed by atoms with Crippen LogP contribution in [0.25, 0.3) is 0 Å². The first-order chi connectivity index (χ1) is 18.9. The molecule has 0 spiro atoms. The van der Waals surface area contributed by atoms with Gasteiger partial charge in [-0.2, -0.15) is 0 Å². The minimum atomic E-state index is -1.09. The molecule has 0 saturated heterocycles. The summed E-state index contributed by atoms with van der Waals surface area (Å²) >= 11 is 0. The molecule has 2 aromatic rings. The second kappa shape index (κ2) is 13.7. The fourth-order valence-electron chi connectivity index (χ4n) is 4.24. The Labute approximate surface area is 244 Å². The summed E-state index contributed by atoms with van der Waals surface area (Å²) in [4.78, 5) is 54.4. The summed E-state index contributed by atoms with van der Waals surface area (Å²) in [5.41, 5.74) is 1.71. The van der Waals surface area contributed by atoms with E-state index in [2.05, 4.69) is 10.6 Å². The molecule has 0 aliphatic heterocycles. The molecule has 2 aromatic carbocycles. The minimum absolute atomic E-state index is 0.204. The fraction of sp³-hybridized carbons (Fsp3) is 0.500. The van der Waals surface area contributed by atoms with Crippen LogP contribution in [-0.4, -0.2) is 59.1 Å². The largest absolute Gasteiger partial charge is 0.458 e. The highest BCUT2D eigenvalue weighted by Crippen LogP contribution is 2.27. The average Bonchev–Trinajstić information content (AvgIpc) is 2.84. The highest BCUT2D eigenvalue weighted by Gasteiger charge is 2.36. The summed E-state index contributed by atoms with van der Waals surface area (Å²) < 4.78 is 10.9. The number of ether oxygens (including phenoxy) is 2. The molecule has 3 atom stereocenters. The normalized spacial score (nSPS) is 13.8. The van der Waals surface area contributed by atoms with Crippen LogP contribution in [0, 0.1) is 13.8 Å². The third kappa shape index (κ3) is 10.2. The summed E-state index contributed by atoms with van der Waals surface area (Å²) in [7, 11) is 1.50. The highest BCUT2D eigenvalue weighted by atomic mass is 16.6. The lowest BCUT2D eigenvalue weighted by Crippen LogP contribution is -2.53. The molecule has 3 amide bonds. The molecule has 0 aliphatic carbocycles. The molecule has 0 saturated carbocycles. The second-order valence-corrected chi connectivity index (χ2v) is 12.3. The maximum atomic E-state index is 14.0. The van der Waals surface area contributed by atoms with E-state index in [1.165, 1.54) is 18.9 Å². The van der Waals surface area contributed by atoms with Crippen molar-refractivity contribution in [3.05, 3.63) is 70.8 Å². The number of esters is 1. The lowest BCUT2D eigenvalue weighted by molar-refractivity contribution is -0.159. The van der Waals surface area contributed by atoms with E-state index in [0.717, 1.165) is 16.7 Å². The molecule has 0 aromatic heterocycles. The van der Waals surface area contributed by atoms with E-state index >= 15 is 0 Å². The van der Waals surface area contributed by atoms with E-state index in [1.807, 2.05) is 56.3 Å². The molecule has 224 valence electrons. The van der Waals surface area contributed by atoms with E-state index in [4.69, 9.17) is 9.47 Å². The Bertz CT molecular complexity index is 1230. The van der Waals surface area contributed by atoms with Gasteiger partial charge in [0.05, 0.1) is 0 Å². The number of hydrogen-bond donors (Lipinski definition) is 2. The van der Waals surface area contributed by atoms with Gasteiger partial charge in [-0.05, 0) is 84.6 Å². The maximum Gasteiger partial charge on any atom is 0.408 e. The third-order valence-corrected chi connectivity index (χ3v) is 6.32. The topological polar surface area (TPSA) is 114 Å². The summed E-state index contributed by atoms with van der Waals surface area (Å²) in [5, 5.41) is 5.41. The van der Waals surface area contributed by atoms with Crippen LogP contribution in [0.5, 0.6) is 0 Å². The van der Waals surface area contributed by atoms with Crippen LogP contribution < -0.4 is 10.6 Å². The van der Waals surface area contributed by atoms with Gasteiger partial charge in [0.2, 0.25) is 11.8 Å². The minimum Gasteiger partial charge on any atom is -0.458 e. The molecule has 9 nitrogen and oxygen atoms in total. The van der Waals surface area contributed by atoms with Crippen molar-refractivity contribution in [1.29, 1.82) is 0 Å². The third-order valence-electron chi connectivity index (χ3n) is 6.32. The van der Waals surface area contributed by atoms with Crippen molar-refractivity contribution in [3.8, 4) is 0 Å². The van der Waals surface area contributed by atoms with Crippen molar-refractivity contribution >= 4 is 23.9 Å². The number of benzene rings is 2. The van der Waals surface area contributed by atoms with Crippen molar-refractivity contribution in [1.82, 2.24) is 15.5 Å². The monoisotopic (exact) mass is 567 g/mol. The Morgan fingerprint density at radius 3 is 1.98 bits per heavy atom. The molecule has 41 heavy (non-hydrogen) atoms. The van der Waals surface area contributed by atoms with E-state index in [-0.39, 0.29) is 6.42 Å². The Balaban J connectivity index is 2.44. The molecule has 0 aliphatic rings. The van der Waals surface area contributed by atoms with Gasteiger partial charge in [0.25, 0.3) is 0 Å². The quantitative estimate of drug-likeness (QED) is 0.422. The summed E-state index contributed by atoms with van der Waals surface area (Å²) in [6, 6.07) is 11.7. The molecule has 0 fully saturated rings. The first-order valence-electron chi connectivity index (χ1n) is 13.8. The predicted molar refractivity (Wildman–Crippen MR) is 158 cm³/mol. The number of nitrogens with one attached hydrogen (secondary N) is 2. The van der Waals surface area contributed by atoms with Crippen LogP contribution in [0.2, 0.25) is 0 Å². The van der Waals surface area contributed by atoms with Gasteiger partial charge in [-0.25, -0.2) is 9.59 Å². The summed E-state index contributed by atoms with van der Waals surface area (Å²) in [5.74, 6) is -1.64. The van der Waals surface area contributed by atoms with Gasteiger partial charge in [0, 0.05) is 13.5 Å². The summed E-state index contributed by atoms with van der Waals surface area (Å²) in [6.45, 7) is 15.8. The van der Waals surface area contributed by atoms with Crippen LogP contribution in [0.4, 0.5) is 4.79 Å². The van der Waals surface area contributed by atoms with Gasteiger partial charge in [-0.3, -0.25) is 9.59 Å². The van der Waals surface area contributed by atoms with Crippen molar-refractivity contribution in [2.45, 2.75) is 98.1 Å². The molecular weight excluding hydrogens is 522 g/mol. The molecule has 2 rings (SSSR count). The number of rotatable bonds is 9. The van der Waals surface area contributed by atoms with Gasteiger partial charge >= 0.3 is 12.1 Å². The predicted octanol–water partition coefficient (Wildman–Crippen LogP) is 4.79. The zero-order valence-electron chi connectivity index (χ0n) is 26.0. The van der Waals surface area contributed by atoms with Gasteiger partial charge in [0.1, 0.15) is 29.3 Å². The standard InChI is InChI=1S/C32H45N3O6/c1-20-15-14-18-24(21(20)2)26(35(10)28(37)22(3)33-30(39)41-32(7,8)9)27(36)34-25(29(38)40-31(4,5)6)19-23-16-12-11-13-17-23/h11-18,22,25-26H,19H2,1-10H3,(H,33,39)(H,34,36). The number of hydrogen-bond acceptors (Lipinski definition) is 6. The average molecular weight is 568 g/mol. The molecule has 0 radical (unpaired) electrons. The lowest BCUT2D eigenvalue weighted by Gasteiger charge is -2.33. The molecule has 0 heterocycles. The Kier molecular flexibility index (Phi) is 11.1. The van der Waals surface area contributed by atoms with Gasteiger partial charge in [0.15, 0.2) is 0 Å². The van der Waals surface area contributed by atoms with Crippen molar-refractivity contribution in [2.24, 2.45) is 0 Å². The molecule has 2 N–H and O–H groups in total. The Morgan fingerprint density at radius 2 is 1.41 bits per heavy atom. The zero-order chi connectivity index (χ0) is 31.1. The number of aryl methyl sites for hydroxylation is 1. The molecule has 0 bridgehead atoms. The van der Waals surface area contributed by atoms with Crippen molar-refractivity contribution < 1.29 is 28.7 Å².